The smallest absolute Gasteiger partial charge is 0.352 e. The van der Waals surface area contributed by atoms with Gasteiger partial charge in [0, 0.05) is 11.8 Å². The first kappa shape index (κ1) is 27.1. The van der Waals surface area contributed by atoms with Gasteiger partial charge in [-0.3, -0.25) is 18.9 Å². The molecule has 2 unspecified atom stereocenters. The van der Waals surface area contributed by atoms with Gasteiger partial charge >= 0.3 is 58.7 Å². The maximum atomic E-state index is 11.8. The molecule has 2 rings (SSSR count). The number of nitrogens with one attached hydrogen (secondary N) is 1. The van der Waals surface area contributed by atoms with Crippen molar-refractivity contribution in [3.63, 3.8) is 0 Å². The van der Waals surface area contributed by atoms with Crippen molar-refractivity contribution in [2.45, 2.75) is 32.1 Å². The predicted molar refractivity (Wildman–Crippen MR) is 89.0 cm³/mol. The molecule has 160 valence electrons. The van der Waals surface area contributed by atoms with E-state index in [1.54, 1.807) is 0 Å². The van der Waals surface area contributed by atoms with Gasteiger partial charge in [0.05, 0.1) is 12.7 Å². The van der Waals surface area contributed by atoms with Crippen molar-refractivity contribution in [1.82, 2.24) is 9.55 Å². The summed E-state index contributed by atoms with van der Waals surface area (Å²) in [5.74, 6) is 0. The molecule has 2 heterocycles. The molecule has 1 fully saturated rings. The minimum Gasteiger partial charge on any atom is -0.352 e. The van der Waals surface area contributed by atoms with E-state index in [-0.39, 0.29) is 48.0 Å². The summed E-state index contributed by atoms with van der Waals surface area (Å²) in [4.78, 5) is 60.6. The Morgan fingerprint density at radius 1 is 1.14 bits per heavy atom. The molecule has 0 saturated carbocycles. The molecular weight excluding hydrogens is 472 g/mol. The molecule has 1 aliphatic rings. The van der Waals surface area contributed by atoms with Gasteiger partial charge in [-0.15, -0.1) is 0 Å². The van der Waals surface area contributed by atoms with E-state index >= 15 is 0 Å². The Hall–Kier alpha value is 0.0500. The normalized spacial score (nSPS) is 23.8. The van der Waals surface area contributed by atoms with Gasteiger partial charge in [0.1, 0.15) is 6.23 Å². The van der Waals surface area contributed by atoms with E-state index in [1.165, 1.54) is 13.1 Å². The Morgan fingerprint density at radius 2 is 1.76 bits per heavy atom. The van der Waals surface area contributed by atoms with Gasteiger partial charge in [0.25, 0.3) is 5.56 Å². The molecule has 0 radical (unpaired) electrons. The summed E-state index contributed by atoms with van der Waals surface area (Å²) in [7, 11) is -16.3. The number of aryl methyl sites for hydroxylation is 1. The van der Waals surface area contributed by atoms with Crippen LogP contribution in [0, 0.1) is 6.92 Å². The molecule has 1 aromatic heterocycles. The van der Waals surface area contributed by atoms with Crippen LogP contribution in [0.4, 0.5) is 0 Å². The fraction of sp³-hybridized carbons (Fsp3) is 0.600. The molecule has 1 saturated heterocycles. The number of hydrogen-bond acceptors (Lipinski definition) is 9. The number of aromatic nitrogens is 2. The molecule has 29 heavy (non-hydrogen) atoms. The fourth-order valence-corrected chi connectivity index (χ4v) is 5.34. The van der Waals surface area contributed by atoms with Crippen molar-refractivity contribution in [1.29, 1.82) is 0 Å². The average molecular weight is 489 g/mol. The third-order valence-corrected chi connectivity index (χ3v) is 7.18. The molecule has 1 aromatic rings. The second-order valence-electron chi connectivity index (χ2n) is 5.66. The van der Waals surface area contributed by atoms with Crippen molar-refractivity contribution in [2.75, 3.05) is 6.61 Å². The summed E-state index contributed by atoms with van der Waals surface area (Å²) in [5, 5.41) is 0. The monoisotopic (exact) mass is 489 g/mol. The van der Waals surface area contributed by atoms with Gasteiger partial charge < -0.3 is 24.3 Å². The van der Waals surface area contributed by atoms with Crippen LogP contribution < -0.4 is 40.8 Å². The van der Waals surface area contributed by atoms with Gasteiger partial charge in [-0.05, 0) is 19.8 Å². The Bertz CT molecular complexity index is 986. The number of nitrogens with zero attached hydrogens (tertiary/aromatic N) is 1. The molecule has 0 bridgehead atoms. The molecule has 0 aliphatic carbocycles. The Kier molecular flexibility index (Phi) is 9.44. The van der Waals surface area contributed by atoms with Gasteiger partial charge in [-0.25, -0.2) is 18.5 Å². The van der Waals surface area contributed by atoms with Gasteiger partial charge in [-0.1, -0.05) is 0 Å². The van der Waals surface area contributed by atoms with Crippen LogP contribution in [0.5, 0.6) is 0 Å². The summed E-state index contributed by atoms with van der Waals surface area (Å²) >= 11 is 0. The maximum Gasteiger partial charge on any atom is 1.00 e. The summed E-state index contributed by atoms with van der Waals surface area (Å²) in [6, 6.07) is 0. The third kappa shape index (κ3) is 8.60. The second kappa shape index (κ2) is 10.1. The Labute approximate surface area is 184 Å². The van der Waals surface area contributed by atoms with E-state index in [1.807, 2.05) is 0 Å². The van der Waals surface area contributed by atoms with E-state index in [4.69, 9.17) is 19.4 Å². The Balaban J connectivity index is 0.00000420. The molecule has 5 N–H and O–H groups in total. The predicted octanol–water partition coefficient (Wildman–Crippen LogP) is -3.13. The molecule has 4 atom stereocenters. The first-order valence-corrected chi connectivity index (χ1v) is 12.0. The zero-order chi connectivity index (χ0) is 21.3. The zero-order valence-corrected chi connectivity index (χ0v) is 19.8. The van der Waals surface area contributed by atoms with Crippen molar-refractivity contribution in [3.8, 4) is 0 Å². The molecule has 19 heteroatoms. The largest absolute Gasteiger partial charge is 1.00 e. The zero-order valence-electron chi connectivity index (χ0n) is 15.1. The molecular formula is C10H17N2NaO13P3+. The standard InChI is InChI=1S/C10H17N2O13P3.Na/c1-6-4-12(10(14)11-9(6)13)8-3-2-7(23-8)5-22-27(18,19)25-28(20,21)24-26(15,16)17;/h4,7-8H,2-3,5H2,1H3,(H,18,19)(H,20,21)(H,11,13,14)(H2,15,16,17);/q;+1/t7-,8+;/m0./s1. The van der Waals surface area contributed by atoms with Gasteiger partial charge in [0.15, 0.2) is 0 Å². The second-order valence-corrected chi connectivity index (χ2v) is 10.1. The van der Waals surface area contributed by atoms with Crippen molar-refractivity contribution < 1.29 is 80.7 Å². The summed E-state index contributed by atoms with van der Waals surface area (Å²) in [6.07, 6.45) is 0.212. The van der Waals surface area contributed by atoms with Crippen molar-refractivity contribution in [3.05, 3.63) is 32.6 Å². The number of ether oxygens (including phenoxy) is 1. The number of aromatic amines is 1. The van der Waals surface area contributed by atoms with Crippen LogP contribution in [0.25, 0.3) is 0 Å². The number of phosphoric acid groups is 3. The third-order valence-electron chi connectivity index (χ3n) is 3.38. The van der Waals surface area contributed by atoms with E-state index < -0.39 is 53.7 Å². The van der Waals surface area contributed by atoms with Crippen LogP contribution in [-0.2, 0) is 31.6 Å². The Morgan fingerprint density at radius 3 is 2.34 bits per heavy atom. The average Bonchev–Trinajstić information content (AvgIpc) is 2.94. The van der Waals surface area contributed by atoms with Crippen molar-refractivity contribution >= 4 is 23.5 Å². The molecule has 1 aliphatic heterocycles. The summed E-state index contributed by atoms with van der Waals surface area (Å²) < 4.78 is 51.7. The number of H-pyrrole nitrogens is 1. The number of rotatable bonds is 8. The maximum absolute atomic E-state index is 11.8. The minimum absolute atomic E-state index is 0. The number of phosphoric ester groups is 1. The topological polar surface area (TPSA) is 224 Å². The van der Waals surface area contributed by atoms with Crippen LogP contribution in [0.3, 0.4) is 0 Å². The first-order chi connectivity index (χ1) is 12.7. The SMILES string of the molecule is Cc1cn([C@H]2CC[C@@H](COP(=O)(O)OP(=O)(O)OP(=O)(O)O)O2)c(=O)[nH]c1=O.[Na+]. The molecule has 0 amide bonds. The quantitative estimate of drug-likeness (QED) is 0.180. The van der Waals surface area contributed by atoms with Crippen LogP contribution in [0.1, 0.15) is 24.6 Å². The number of hydrogen-bond donors (Lipinski definition) is 5. The molecule has 0 spiro atoms. The van der Waals surface area contributed by atoms with Crippen LogP contribution in [0.2, 0.25) is 0 Å². The minimum atomic E-state index is -5.59. The van der Waals surface area contributed by atoms with Crippen LogP contribution >= 0.6 is 23.5 Å². The van der Waals surface area contributed by atoms with E-state index in [2.05, 4.69) is 18.1 Å². The fourth-order valence-electron chi connectivity index (χ4n) is 2.29. The first-order valence-electron chi connectivity index (χ1n) is 7.43. The molecule has 15 nitrogen and oxygen atoms in total. The van der Waals surface area contributed by atoms with Gasteiger partial charge in [0.2, 0.25) is 0 Å². The van der Waals surface area contributed by atoms with E-state index in [0.29, 0.717) is 0 Å². The molecule has 0 aromatic carbocycles. The summed E-state index contributed by atoms with van der Waals surface area (Å²) in [6.45, 7) is 0.869. The summed E-state index contributed by atoms with van der Waals surface area (Å²) in [5.41, 5.74) is -1.00. The van der Waals surface area contributed by atoms with E-state index in [0.717, 1.165) is 4.57 Å². The van der Waals surface area contributed by atoms with E-state index in [9.17, 15) is 28.2 Å². The van der Waals surface area contributed by atoms with Crippen LogP contribution in [0.15, 0.2) is 15.8 Å². The van der Waals surface area contributed by atoms with Crippen molar-refractivity contribution in [2.24, 2.45) is 0 Å². The van der Waals surface area contributed by atoms with Gasteiger partial charge in [-0.2, -0.15) is 8.62 Å². The van der Waals surface area contributed by atoms with Crippen LogP contribution in [-0.4, -0.2) is 41.8 Å².